The van der Waals surface area contributed by atoms with Crippen LogP contribution in [0.4, 0.5) is 0 Å². The van der Waals surface area contributed by atoms with Gasteiger partial charge in [0.25, 0.3) is 5.56 Å². The molecule has 3 aromatic heterocycles. The minimum absolute atomic E-state index is 0.0449. The Morgan fingerprint density at radius 2 is 1.81 bits per heavy atom. The molecular formula is C20H17N3O2S. The lowest BCUT2D eigenvalue weighted by atomic mass is 10.2. The maximum Gasteiger partial charge on any atom is 0.258 e. The lowest BCUT2D eigenvalue weighted by Crippen LogP contribution is -2.17. The molecule has 0 atom stereocenters. The van der Waals surface area contributed by atoms with E-state index in [0.717, 1.165) is 22.6 Å². The van der Waals surface area contributed by atoms with Crippen LogP contribution in [0.1, 0.15) is 17.1 Å². The Hall–Kier alpha value is -2.86. The van der Waals surface area contributed by atoms with E-state index in [-0.39, 0.29) is 5.56 Å². The Bertz CT molecular complexity index is 1100. The highest BCUT2D eigenvalue weighted by Crippen LogP contribution is 2.21. The lowest BCUT2D eigenvalue weighted by molar-refractivity contribution is 0.573. The van der Waals surface area contributed by atoms with Crippen molar-refractivity contribution in [3.05, 3.63) is 88.3 Å². The van der Waals surface area contributed by atoms with E-state index in [4.69, 9.17) is 4.42 Å². The Kier molecular flexibility index (Phi) is 4.58. The van der Waals surface area contributed by atoms with Crippen LogP contribution in [0.2, 0.25) is 0 Å². The maximum absolute atomic E-state index is 12.3. The highest BCUT2D eigenvalue weighted by atomic mass is 32.2. The van der Waals surface area contributed by atoms with Gasteiger partial charge in [0.05, 0.1) is 11.4 Å². The summed E-state index contributed by atoms with van der Waals surface area (Å²) in [5, 5.41) is 0. The van der Waals surface area contributed by atoms with Crippen molar-refractivity contribution in [3.8, 4) is 11.5 Å². The van der Waals surface area contributed by atoms with E-state index in [1.165, 1.54) is 0 Å². The fraction of sp³-hybridized carbons (Fsp3) is 0.150. The van der Waals surface area contributed by atoms with Crippen molar-refractivity contribution in [2.45, 2.75) is 18.4 Å². The largest absolute Gasteiger partial charge is 0.444 e. The standard InChI is InChI=1S/C20H17N3O2S/c1-14-6-5-9-18-21-16(10-19(24)23(14)18)12-26-13-17-11-25-20(22-17)15-7-3-2-4-8-15/h2-11H,12-13H2,1H3. The molecule has 4 aromatic rings. The van der Waals surface area contributed by atoms with E-state index >= 15 is 0 Å². The molecule has 0 aliphatic heterocycles. The average Bonchev–Trinajstić information content (AvgIpc) is 3.11. The molecule has 0 saturated carbocycles. The number of hydrogen-bond donors (Lipinski definition) is 0. The molecular weight excluding hydrogens is 346 g/mol. The maximum atomic E-state index is 12.3. The monoisotopic (exact) mass is 363 g/mol. The molecule has 0 saturated heterocycles. The number of fused-ring (bicyclic) bond motifs is 1. The second-order valence-electron chi connectivity index (χ2n) is 5.95. The summed E-state index contributed by atoms with van der Waals surface area (Å²) < 4.78 is 7.17. The van der Waals surface area contributed by atoms with Gasteiger partial charge in [-0.3, -0.25) is 9.20 Å². The predicted octanol–water partition coefficient (Wildman–Crippen LogP) is 4.09. The fourth-order valence-corrected chi connectivity index (χ4v) is 3.59. The summed E-state index contributed by atoms with van der Waals surface area (Å²) in [6.07, 6.45) is 1.68. The summed E-state index contributed by atoms with van der Waals surface area (Å²) in [5.74, 6) is 1.97. The van der Waals surface area contributed by atoms with Crippen LogP contribution in [0.5, 0.6) is 0 Å². The van der Waals surface area contributed by atoms with Crippen LogP contribution in [0.15, 0.2) is 70.1 Å². The molecule has 0 radical (unpaired) electrons. The Labute approximate surface area is 154 Å². The number of nitrogens with zero attached hydrogens (tertiary/aromatic N) is 3. The third-order valence-electron chi connectivity index (χ3n) is 4.01. The van der Waals surface area contributed by atoms with Gasteiger partial charge in [-0.05, 0) is 31.2 Å². The Morgan fingerprint density at radius 1 is 1.00 bits per heavy atom. The zero-order valence-corrected chi connectivity index (χ0v) is 15.1. The third kappa shape index (κ3) is 3.41. The molecule has 3 heterocycles. The first-order chi connectivity index (χ1) is 12.7. The number of aryl methyl sites for hydroxylation is 1. The molecule has 130 valence electrons. The molecule has 0 N–H and O–H groups in total. The highest BCUT2D eigenvalue weighted by Gasteiger charge is 2.08. The average molecular weight is 363 g/mol. The van der Waals surface area contributed by atoms with Gasteiger partial charge in [-0.2, -0.15) is 0 Å². The first-order valence-electron chi connectivity index (χ1n) is 8.26. The molecule has 0 unspecified atom stereocenters. The van der Waals surface area contributed by atoms with Crippen molar-refractivity contribution in [1.29, 1.82) is 0 Å². The van der Waals surface area contributed by atoms with Crippen molar-refractivity contribution in [2.24, 2.45) is 0 Å². The van der Waals surface area contributed by atoms with E-state index in [0.29, 0.717) is 23.0 Å². The summed E-state index contributed by atoms with van der Waals surface area (Å²) in [5.41, 5.74) is 4.13. The van der Waals surface area contributed by atoms with E-state index in [1.54, 1.807) is 28.5 Å². The van der Waals surface area contributed by atoms with Crippen molar-refractivity contribution in [2.75, 3.05) is 0 Å². The number of rotatable bonds is 5. The predicted molar refractivity (Wildman–Crippen MR) is 103 cm³/mol. The molecule has 4 rings (SSSR count). The minimum atomic E-state index is -0.0449. The zero-order chi connectivity index (χ0) is 17.9. The molecule has 6 heteroatoms. The third-order valence-corrected chi connectivity index (χ3v) is 5.01. The topological polar surface area (TPSA) is 60.4 Å². The van der Waals surface area contributed by atoms with Crippen LogP contribution in [0.3, 0.4) is 0 Å². The molecule has 1 aromatic carbocycles. The van der Waals surface area contributed by atoms with Crippen LogP contribution in [-0.4, -0.2) is 14.4 Å². The Morgan fingerprint density at radius 3 is 2.65 bits per heavy atom. The van der Waals surface area contributed by atoms with Gasteiger partial charge < -0.3 is 4.42 Å². The normalized spacial score (nSPS) is 11.1. The van der Waals surface area contributed by atoms with Gasteiger partial charge in [-0.1, -0.05) is 24.3 Å². The van der Waals surface area contributed by atoms with Crippen LogP contribution >= 0.6 is 11.8 Å². The second-order valence-corrected chi connectivity index (χ2v) is 6.93. The smallest absolute Gasteiger partial charge is 0.258 e. The van der Waals surface area contributed by atoms with Gasteiger partial charge in [0, 0.05) is 28.8 Å². The first kappa shape index (κ1) is 16.6. The van der Waals surface area contributed by atoms with Crippen molar-refractivity contribution < 1.29 is 4.42 Å². The molecule has 0 spiro atoms. The van der Waals surface area contributed by atoms with Crippen molar-refractivity contribution >= 4 is 17.4 Å². The lowest BCUT2D eigenvalue weighted by Gasteiger charge is -2.06. The quantitative estimate of drug-likeness (QED) is 0.534. The van der Waals surface area contributed by atoms with Crippen LogP contribution in [-0.2, 0) is 11.5 Å². The fourth-order valence-electron chi connectivity index (χ4n) is 2.78. The second kappa shape index (κ2) is 7.17. The minimum Gasteiger partial charge on any atom is -0.444 e. The van der Waals surface area contributed by atoms with E-state index in [1.807, 2.05) is 55.5 Å². The van der Waals surface area contributed by atoms with Crippen LogP contribution < -0.4 is 5.56 Å². The number of aromatic nitrogens is 3. The van der Waals surface area contributed by atoms with E-state index < -0.39 is 0 Å². The van der Waals surface area contributed by atoms with Crippen LogP contribution in [0, 0.1) is 6.92 Å². The summed E-state index contributed by atoms with van der Waals surface area (Å²) in [6.45, 7) is 1.90. The van der Waals surface area contributed by atoms with Gasteiger partial charge in [0.1, 0.15) is 11.9 Å². The van der Waals surface area contributed by atoms with Gasteiger partial charge in [0.15, 0.2) is 0 Å². The molecule has 0 bridgehead atoms. The zero-order valence-electron chi connectivity index (χ0n) is 14.3. The van der Waals surface area contributed by atoms with Crippen LogP contribution in [0.25, 0.3) is 17.1 Å². The summed E-state index contributed by atoms with van der Waals surface area (Å²) in [7, 11) is 0. The highest BCUT2D eigenvalue weighted by molar-refractivity contribution is 7.97. The van der Waals surface area contributed by atoms with Crippen molar-refractivity contribution in [3.63, 3.8) is 0 Å². The summed E-state index contributed by atoms with van der Waals surface area (Å²) in [6, 6.07) is 17.1. The van der Waals surface area contributed by atoms with Gasteiger partial charge >= 0.3 is 0 Å². The molecule has 0 aliphatic rings. The number of pyridine rings is 1. The van der Waals surface area contributed by atoms with Gasteiger partial charge in [-0.25, -0.2) is 9.97 Å². The number of hydrogen-bond acceptors (Lipinski definition) is 5. The van der Waals surface area contributed by atoms with E-state index in [9.17, 15) is 4.79 Å². The van der Waals surface area contributed by atoms with Gasteiger partial charge in [0.2, 0.25) is 5.89 Å². The Balaban J connectivity index is 1.45. The van der Waals surface area contributed by atoms with Gasteiger partial charge in [-0.15, -0.1) is 11.8 Å². The number of oxazole rings is 1. The summed E-state index contributed by atoms with van der Waals surface area (Å²) in [4.78, 5) is 21.4. The molecule has 0 aliphatic carbocycles. The van der Waals surface area contributed by atoms with E-state index in [2.05, 4.69) is 9.97 Å². The van der Waals surface area contributed by atoms with Crippen molar-refractivity contribution in [1.82, 2.24) is 14.4 Å². The molecule has 0 fully saturated rings. The summed E-state index contributed by atoms with van der Waals surface area (Å²) >= 11 is 1.66. The molecule has 5 nitrogen and oxygen atoms in total. The SMILES string of the molecule is Cc1cccc2nc(CSCc3coc(-c4ccccc4)n3)cc(=O)n12. The number of benzene rings is 1. The number of thioether (sulfide) groups is 1. The molecule has 0 amide bonds. The first-order valence-corrected chi connectivity index (χ1v) is 9.42. The molecule has 26 heavy (non-hydrogen) atoms.